The predicted octanol–water partition coefficient (Wildman–Crippen LogP) is 4.40. The molecule has 20 nitrogen and oxygen atoms in total. The van der Waals surface area contributed by atoms with Crippen LogP contribution in [0.2, 0.25) is 0 Å². The number of amides is 2. The van der Waals surface area contributed by atoms with Crippen LogP contribution in [0.3, 0.4) is 0 Å². The number of ether oxygens (including phenoxy) is 11. The van der Waals surface area contributed by atoms with Gasteiger partial charge < -0.3 is 62.3 Å². The monoisotopic (exact) mass is 938 g/mol. The zero-order valence-corrected chi connectivity index (χ0v) is 36.3. The summed E-state index contributed by atoms with van der Waals surface area (Å²) < 4.78 is 127. The minimum Gasteiger partial charge on any atom is -0.467 e. The number of methoxy groups -OCH3 is 1. The van der Waals surface area contributed by atoms with Crippen molar-refractivity contribution in [1.82, 2.24) is 4.90 Å². The van der Waals surface area contributed by atoms with Crippen molar-refractivity contribution in [1.29, 1.82) is 0 Å². The molecule has 1 fully saturated rings. The van der Waals surface area contributed by atoms with Crippen molar-refractivity contribution in [3.05, 3.63) is 52.8 Å². The molecule has 25 heteroatoms. The van der Waals surface area contributed by atoms with Gasteiger partial charge in [0, 0.05) is 34.4 Å². The molecule has 0 unspecified atom stereocenters. The van der Waals surface area contributed by atoms with Gasteiger partial charge in [-0.15, -0.1) is 0 Å². The number of nitrogens with one attached hydrogen (secondary N) is 1. The molecule has 2 aromatic rings. The predicted molar refractivity (Wildman–Crippen MR) is 205 cm³/mol. The number of nitrogens with zero attached hydrogens (tertiary/aromatic N) is 1. The fourth-order valence-electron chi connectivity index (χ4n) is 5.43. The molecule has 0 radical (unpaired) electrons. The van der Waals surface area contributed by atoms with Gasteiger partial charge in [-0.25, -0.2) is 27.6 Å². The van der Waals surface area contributed by atoms with Crippen LogP contribution < -0.4 is 14.8 Å². The lowest BCUT2D eigenvalue weighted by Crippen LogP contribution is -2.64. The van der Waals surface area contributed by atoms with Gasteiger partial charge in [0.2, 0.25) is 53.1 Å². The Kier molecular flexibility index (Phi) is 19.6. The lowest BCUT2D eigenvalue weighted by Gasteiger charge is -2.43. The van der Waals surface area contributed by atoms with Crippen molar-refractivity contribution >= 4 is 47.7 Å². The van der Waals surface area contributed by atoms with Gasteiger partial charge in [-0.05, 0) is 38.5 Å². The average molecular weight is 939 g/mol. The molecule has 65 heavy (non-hydrogen) atoms. The van der Waals surface area contributed by atoms with Crippen molar-refractivity contribution in [2.45, 2.75) is 90.9 Å². The lowest BCUT2D eigenvalue weighted by atomic mass is 9.97. The molecular weight excluding hydrogens is 891 g/mol. The number of anilines is 1. The third-order valence-electron chi connectivity index (χ3n) is 8.23. The molecule has 1 aliphatic rings. The van der Waals surface area contributed by atoms with E-state index in [0.29, 0.717) is 0 Å². The molecule has 5 atom stereocenters. The van der Waals surface area contributed by atoms with Crippen LogP contribution in [0.5, 0.6) is 11.5 Å². The van der Waals surface area contributed by atoms with E-state index in [4.69, 9.17) is 47.4 Å². The first kappa shape index (κ1) is 53.0. The van der Waals surface area contributed by atoms with Crippen LogP contribution in [0, 0.1) is 29.1 Å². The van der Waals surface area contributed by atoms with Gasteiger partial charge in [0.25, 0.3) is 0 Å². The molecule has 360 valence electrons. The first-order valence-electron chi connectivity index (χ1n) is 19.2. The van der Waals surface area contributed by atoms with Crippen LogP contribution in [-0.2, 0) is 73.2 Å². The second kappa shape index (κ2) is 24.1. The van der Waals surface area contributed by atoms with Crippen molar-refractivity contribution in [2.24, 2.45) is 0 Å². The number of carbonyl (C=O) groups is 7. The first-order chi connectivity index (χ1) is 30.4. The van der Waals surface area contributed by atoms with Crippen LogP contribution in [0.4, 0.5) is 37.2 Å². The topological polar surface area (TPSA) is 236 Å². The summed E-state index contributed by atoms with van der Waals surface area (Å²) in [5.74, 6) is -19.3. The molecule has 0 aromatic heterocycles. The molecular formula is C40H47F5N2O18. The lowest BCUT2D eigenvalue weighted by molar-refractivity contribution is -0.282. The third-order valence-corrected chi connectivity index (χ3v) is 8.23. The molecule has 1 aliphatic heterocycles. The normalized spacial score (nSPS) is 18.1. The summed E-state index contributed by atoms with van der Waals surface area (Å²) >= 11 is 0. The summed E-state index contributed by atoms with van der Waals surface area (Å²) in [6, 6.07) is 3.42. The van der Waals surface area contributed by atoms with Gasteiger partial charge in [-0.3, -0.25) is 19.2 Å². The van der Waals surface area contributed by atoms with Gasteiger partial charge in [0.1, 0.15) is 18.0 Å². The number of rotatable bonds is 19. The van der Waals surface area contributed by atoms with Gasteiger partial charge in [0.05, 0.1) is 45.6 Å². The van der Waals surface area contributed by atoms with Gasteiger partial charge in [-0.2, -0.15) is 8.78 Å². The molecule has 0 aliphatic carbocycles. The van der Waals surface area contributed by atoms with Crippen molar-refractivity contribution in [3.63, 3.8) is 0 Å². The molecule has 2 amide bonds. The maximum atomic E-state index is 14.1. The van der Waals surface area contributed by atoms with Crippen LogP contribution >= 0.6 is 0 Å². The molecule has 0 bridgehead atoms. The molecule has 1 saturated heterocycles. The second-order valence-electron chi connectivity index (χ2n) is 14.6. The first-order valence-corrected chi connectivity index (χ1v) is 19.2. The molecule has 0 saturated carbocycles. The fraction of sp³-hybridized carbons (Fsp3) is 0.525. The summed E-state index contributed by atoms with van der Waals surface area (Å²) in [6.07, 6.45) is -11.8. The minimum absolute atomic E-state index is 0.0292. The van der Waals surface area contributed by atoms with Crippen molar-refractivity contribution < 1.29 is 108 Å². The van der Waals surface area contributed by atoms with Gasteiger partial charge in [0.15, 0.2) is 18.3 Å². The summed E-state index contributed by atoms with van der Waals surface area (Å²) in [5, 5.41) is 2.51. The van der Waals surface area contributed by atoms with Gasteiger partial charge in [-0.1, -0.05) is 6.07 Å². The summed E-state index contributed by atoms with van der Waals surface area (Å²) in [4.78, 5) is 88.5. The molecule has 3 rings (SSSR count). The number of likely N-dealkylation sites (N-methyl/N-ethyl adjacent to an activating group) is 1. The van der Waals surface area contributed by atoms with Crippen LogP contribution in [0.1, 0.15) is 53.5 Å². The highest BCUT2D eigenvalue weighted by Crippen LogP contribution is 2.35. The number of carbonyl (C=O) groups excluding carboxylic acids is 7. The maximum Gasteiger partial charge on any atom is 0.514 e. The van der Waals surface area contributed by atoms with E-state index in [2.05, 4.69) is 10.1 Å². The fourth-order valence-corrected chi connectivity index (χ4v) is 5.43. The van der Waals surface area contributed by atoms with Crippen LogP contribution in [0.25, 0.3) is 0 Å². The van der Waals surface area contributed by atoms with E-state index >= 15 is 0 Å². The van der Waals surface area contributed by atoms with E-state index in [0.717, 1.165) is 40.0 Å². The number of hydrogen-bond donors (Lipinski definition) is 1. The highest BCUT2D eigenvalue weighted by atomic mass is 19.2. The average Bonchev–Trinajstić information content (AvgIpc) is 3.22. The zero-order valence-electron chi connectivity index (χ0n) is 36.3. The molecule has 1 heterocycles. The SMILES string of the molecule is COC(=O)[C@H]1O[C@@H](Oc2ccc(COC(=O)Oc3c(F)c(F)c(F)c(F)c3F)cc2NC(=O)CCOCCOCCN(C)C(=O)OC(C)(C)C)[C@H](OC(C)=O)[C@@H](OC(C)=O)[C@@H]1OC(C)=O. The Morgan fingerprint density at radius 2 is 1.31 bits per heavy atom. The Bertz CT molecular complexity index is 2040. The molecule has 2 aromatic carbocycles. The number of esters is 4. The summed E-state index contributed by atoms with van der Waals surface area (Å²) in [7, 11) is 2.50. The second-order valence-corrected chi connectivity index (χ2v) is 14.6. The smallest absolute Gasteiger partial charge is 0.467 e. The third kappa shape index (κ3) is 16.0. The Morgan fingerprint density at radius 1 is 0.754 bits per heavy atom. The van der Waals surface area contributed by atoms with Crippen LogP contribution in [0.15, 0.2) is 18.2 Å². The van der Waals surface area contributed by atoms with Gasteiger partial charge >= 0.3 is 36.1 Å². The van der Waals surface area contributed by atoms with E-state index < -0.39 is 120 Å². The van der Waals surface area contributed by atoms with E-state index in [1.807, 2.05) is 0 Å². The van der Waals surface area contributed by atoms with Crippen LogP contribution in [-0.4, -0.2) is 130 Å². The van der Waals surface area contributed by atoms with Crippen molar-refractivity contribution in [2.75, 3.05) is 52.4 Å². The van der Waals surface area contributed by atoms with E-state index in [-0.39, 0.29) is 56.4 Å². The summed E-state index contributed by atoms with van der Waals surface area (Å²) in [6.45, 7) is 7.55. The standard InChI is InChI=1S/C40H47F5N2O18/c1-19(48)59-32-33(60-20(2)49)35(61-21(3)50)37(63-34(32)36(52)55-8)62-24-10-9-22(18-58-39(54)64-31-29(44)27(42)26(41)28(43)30(31)45)17-23(24)46-25(51)11-13-56-15-16-57-14-12-47(7)38(53)65-40(4,5)6/h9-10,17,32-35,37H,11-16,18H2,1-8H3,(H,46,51)/t32-,33-,34-,35+,37+/m0/s1. The van der Waals surface area contributed by atoms with Crippen molar-refractivity contribution in [3.8, 4) is 11.5 Å². The number of hydrogen-bond acceptors (Lipinski definition) is 18. The Morgan fingerprint density at radius 3 is 1.88 bits per heavy atom. The Balaban J connectivity index is 1.84. The van der Waals surface area contributed by atoms with E-state index in [1.54, 1.807) is 20.8 Å². The zero-order chi connectivity index (χ0) is 48.8. The number of benzene rings is 2. The quantitative estimate of drug-likeness (QED) is 0.0391. The highest BCUT2D eigenvalue weighted by molar-refractivity contribution is 5.92. The molecule has 0 spiro atoms. The molecule has 1 N–H and O–H groups in total. The number of halogens is 5. The van der Waals surface area contributed by atoms with E-state index in [9.17, 15) is 55.5 Å². The minimum atomic E-state index is -2.50. The largest absolute Gasteiger partial charge is 0.514 e. The Labute approximate surface area is 367 Å². The highest BCUT2D eigenvalue weighted by Gasteiger charge is 2.56. The summed E-state index contributed by atoms with van der Waals surface area (Å²) in [5.41, 5.74) is -0.970. The Hall–Kier alpha value is -6.34. The van der Waals surface area contributed by atoms with E-state index in [1.165, 1.54) is 18.0 Å². The maximum absolute atomic E-state index is 14.1.